The first kappa shape index (κ1) is 14.4. The molecule has 1 fully saturated rings. The molecular weight excluding hydrogens is 238 g/mol. The molecule has 0 radical (unpaired) electrons. The SMILES string of the molecule is COC1CCC(CN)(N(C)Cc2ccncc2)CC1. The van der Waals surface area contributed by atoms with Gasteiger partial charge in [0.25, 0.3) is 0 Å². The molecule has 0 spiro atoms. The Morgan fingerprint density at radius 1 is 1.37 bits per heavy atom. The van der Waals surface area contributed by atoms with E-state index in [0.717, 1.165) is 32.2 Å². The van der Waals surface area contributed by atoms with Crippen molar-refractivity contribution in [2.45, 2.75) is 43.9 Å². The number of pyridine rings is 1. The number of nitrogens with zero attached hydrogens (tertiary/aromatic N) is 2. The highest BCUT2D eigenvalue weighted by Crippen LogP contribution is 2.34. The maximum atomic E-state index is 6.08. The third-order valence-corrected chi connectivity index (χ3v) is 4.56. The van der Waals surface area contributed by atoms with E-state index in [1.54, 1.807) is 7.11 Å². The van der Waals surface area contributed by atoms with Gasteiger partial charge in [-0.05, 0) is 50.4 Å². The molecule has 4 nitrogen and oxygen atoms in total. The van der Waals surface area contributed by atoms with E-state index in [2.05, 4.69) is 29.1 Å². The van der Waals surface area contributed by atoms with Gasteiger partial charge in [0.15, 0.2) is 0 Å². The highest BCUT2D eigenvalue weighted by molar-refractivity contribution is 5.10. The van der Waals surface area contributed by atoms with Gasteiger partial charge in [0, 0.05) is 38.1 Å². The molecule has 0 saturated heterocycles. The molecule has 2 N–H and O–H groups in total. The van der Waals surface area contributed by atoms with Crippen LogP contribution in [0.5, 0.6) is 0 Å². The van der Waals surface area contributed by atoms with Crippen molar-refractivity contribution >= 4 is 0 Å². The molecule has 0 bridgehead atoms. The molecule has 0 aliphatic heterocycles. The summed E-state index contributed by atoms with van der Waals surface area (Å²) in [5.74, 6) is 0. The highest BCUT2D eigenvalue weighted by Gasteiger charge is 2.37. The molecule has 1 aromatic rings. The lowest BCUT2D eigenvalue weighted by atomic mass is 9.79. The van der Waals surface area contributed by atoms with Crippen molar-refractivity contribution in [3.63, 3.8) is 0 Å². The second-order valence-electron chi connectivity index (χ2n) is 5.58. The number of nitrogens with two attached hydrogens (primary N) is 1. The second-order valence-corrected chi connectivity index (χ2v) is 5.58. The molecule has 4 heteroatoms. The molecule has 0 atom stereocenters. The Balaban J connectivity index is 2.01. The minimum absolute atomic E-state index is 0.123. The normalized spacial score (nSPS) is 27.7. The predicted octanol–water partition coefficient (Wildman–Crippen LogP) is 1.80. The van der Waals surface area contributed by atoms with E-state index in [1.807, 2.05) is 12.4 Å². The minimum Gasteiger partial charge on any atom is -0.381 e. The van der Waals surface area contributed by atoms with Crippen LogP contribution in [-0.4, -0.2) is 42.2 Å². The van der Waals surface area contributed by atoms with Crippen molar-refractivity contribution in [2.24, 2.45) is 5.73 Å². The van der Waals surface area contributed by atoms with Crippen LogP contribution >= 0.6 is 0 Å². The monoisotopic (exact) mass is 263 g/mol. The van der Waals surface area contributed by atoms with Crippen LogP contribution in [0.25, 0.3) is 0 Å². The van der Waals surface area contributed by atoms with Crippen LogP contribution in [0.4, 0.5) is 0 Å². The topological polar surface area (TPSA) is 51.4 Å². The molecule has 1 aliphatic carbocycles. The van der Waals surface area contributed by atoms with E-state index in [4.69, 9.17) is 10.5 Å². The molecule has 2 rings (SSSR count). The van der Waals surface area contributed by atoms with Crippen molar-refractivity contribution in [3.8, 4) is 0 Å². The molecule has 106 valence electrons. The first-order chi connectivity index (χ1) is 9.20. The van der Waals surface area contributed by atoms with Gasteiger partial charge in [-0.25, -0.2) is 0 Å². The van der Waals surface area contributed by atoms with E-state index in [1.165, 1.54) is 5.56 Å². The zero-order valence-corrected chi connectivity index (χ0v) is 12.0. The summed E-state index contributed by atoms with van der Waals surface area (Å²) in [6.07, 6.45) is 8.55. The number of hydrogen-bond donors (Lipinski definition) is 1. The average Bonchev–Trinajstić information content (AvgIpc) is 2.48. The first-order valence-corrected chi connectivity index (χ1v) is 7.03. The summed E-state index contributed by atoms with van der Waals surface area (Å²) in [6.45, 7) is 1.64. The van der Waals surface area contributed by atoms with Crippen LogP contribution in [-0.2, 0) is 11.3 Å². The van der Waals surface area contributed by atoms with Gasteiger partial charge in [0.2, 0.25) is 0 Å². The van der Waals surface area contributed by atoms with Crippen molar-refractivity contribution in [1.29, 1.82) is 0 Å². The third kappa shape index (κ3) is 3.32. The summed E-state index contributed by atoms with van der Waals surface area (Å²) in [6, 6.07) is 4.14. The highest BCUT2D eigenvalue weighted by atomic mass is 16.5. The van der Waals surface area contributed by atoms with Crippen molar-refractivity contribution in [3.05, 3.63) is 30.1 Å². The third-order valence-electron chi connectivity index (χ3n) is 4.56. The summed E-state index contributed by atoms with van der Waals surface area (Å²) >= 11 is 0. The zero-order valence-electron chi connectivity index (χ0n) is 12.0. The fraction of sp³-hybridized carbons (Fsp3) is 0.667. The maximum absolute atomic E-state index is 6.08. The molecule has 1 aromatic heterocycles. The van der Waals surface area contributed by atoms with Crippen LogP contribution in [0.15, 0.2) is 24.5 Å². The predicted molar refractivity (Wildman–Crippen MR) is 76.8 cm³/mol. The Hall–Kier alpha value is -0.970. The summed E-state index contributed by atoms with van der Waals surface area (Å²) in [5.41, 5.74) is 7.50. The number of hydrogen-bond acceptors (Lipinski definition) is 4. The molecule has 0 unspecified atom stereocenters. The number of ether oxygens (including phenoxy) is 1. The summed E-state index contributed by atoms with van der Waals surface area (Å²) in [4.78, 5) is 6.47. The van der Waals surface area contributed by atoms with Crippen LogP contribution in [0.2, 0.25) is 0 Å². The Kier molecular flexibility index (Phi) is 4.91. The van der Waals surface area contributed by atoms with Gasteiger partial charge in [-0.15, -0.1) is 0 Å². The lowest BCUT2D eigenvalue weighted by Crippen LogP contribution is -2.54. The number of methoxy groups -OCH3 is 1. The smallest absolute Gasteiger partial charge is 0.0572 e. The van der Waals surface area contributed by atoms with Crippen LogP contribution in [0.3, 0.4) is 0 Å². The standard InChI is InChI=1S/C15H25N3O/c1-18(11-13-5-9-17-10-6-13)15(12-16)7-3-14(19-2)4-8-15/h5-6,9-10,14H,3-4,7-8,11-12,16H2,1-2H3. The summed E-state index contributed by atoms with van der Waals surface area (Å²) < 4.78 is 5.46. The van der Waals surface area contributed by atoms with Gasteiger partial charge in [0.1, 0.15) is 0 Å². The van der Waals surface area contributed by atoms with Gasteiger partial charge < -0.3 is 10.5 Å². The zero-order chi connectivity index (χ0) is 13.7. The van der Waals surface area contributed by atoms with Gasteiger partial charge in [-0.3, -0.25) is 9.88 Å². The largest absolute Gasteiger partial charge is 0.381 e. The Bertz CT molecular complexity index is 374. The Labute approximate surface area is 116 Å². The number of likely N-dealkylation sites (N-methyl/N-ethyl adjacent to an activating group) is 1. The van der Waals surface area contributed by atoms with Gasteiger partial charge in [-0.2, -0.15) is 0 Å². The van der Waals surface area contributed by atoms with Crippen LogP contribution < -0.4 is 5.73 Å². The van der Waals surface area contributed by atoms with Crippen molar-refractivity contribution in [1.82, 2.24) is 9.88 Å². The molecule has 1 heterocycles. The van der Waals surface area contributed by atoms with Crippen molar-refractivity contribution in [2.75, 3.05) is 20.7 Å². The summed E-state index contributed by atoms with van der Waals surface area (Å²) in [5, 5.41) is 0. The Morgan fingerprint density at radius 3 is 2.53 bits per heavy atom. The van der Waals surface area contributed by atoms with E-state index >= 15 is 0 Å². The quantitative estimate of drug-likeness (QED) is 0.880. The summed E-state index contributed by atoms with van der Waals surface area (Å²) in [7, 11) is 3.99. The van der Waals surface area contributed by atoms with E-state index < -0.39 is 0 Å². The molecule has 1 saturated carbocycles. The number of rotatable bonds is 5. The molecule has 19 heavy (non-hydrogen) atoms. The Morgan fingerprint density at radius 2 is 2.00 bits per heavy atom. The van der Waals surface area contributed by atoms with Crippen molar-refractivity contribution < 1.29 is 4.74 Å². The number of aromatic nitrogens is 1. The van der Waals surface area contributed by atoms with Gasteiger partial charge in [-0.1, -0.05) is 0 Å². The first-order valence-electron chi connectivity index (χ1n) is 7.03. The molecular formula is C15H25N3O. The fourth-order valence-electron chi connectivity index (χ4n) is 3.04. The van der Waals surface area contributed by atoms with Gasteiger partial charge in [0.05, 0.1) is 6.10 Å². The average molecular weight is 263 g/mol. The molecule has 0 amide bonds. The second kappa shape index (κ2) is 6.46. The van der Waals surface area contributed by atoms with Crippen LogP contribution in [0.1, 0.15) is 31.2 Å². The van der Waals surface area contributed by atoms with Crippen LogP contribution in [0, 0.1) is 0 Å². The minimum atomic E-state index is 0.123. The fourth-order valence-corrected chi connectivity index (χ4v) is 3.04. The van der Waals surface area contributed by atoms with E-state index in [-0.39, 0.29) is 5.54 Å². The molecule has 0 aromatic carbocycles. The lowest BCUT2D eigenvalue weighted by molar-refractivity contribution is 0.000496. The maximum Gasteiger partial charge on any atom is 0.0572 e. The van der Waals surface area contributed by atoms with E-state index in [9.17, 15) is 0 Å². The van der Waals surface area contributed by atoms with Gasteiger partial charge >= 0.3 is 0 Å². The lowest BCUT2D eigenvalue weighted by Gasteiger charge is -2.45. The van der Waals surface area contributed by atoms with E-state index in [0.29, 0.717) is 12.6 Å². The molecule has 1 aliphatic rings.